The lowest BCUT2D eigenvalue weighted by molar-refractivity contribution is 0.0256. The first-order valence-corrected chi connectivity index (χ1v) is 6.75. The molecule has 0 radical (unpaired) electrons. The third-order valence-electron chi connectivity index (χ3n) is 3.87. The van der Waals surface area contributed by atoms with Crippen molar-refractivity contribution in [2.45, 2.75) is 31.4 Å². The fraction of sp³-hybridized carbons (Fsp3) is 0.500. The lowest BCUT2D eigenvalue weighted by atomic mass is 10.1. The van der Waals surface area contributed by atoms with Crippen molar-refractivity contribution >= 4 is 17.3 Å². The number of fused-ring (bicyclic) bond motifs is 1. The average Bonchev–Trinajstić information content (AvgIpc) is 2.86. The largest absolute Gasteiger partial charge is 0.374 e. The predicted molar refractivity (Wildman–Crippen MR) is 70.9 cm³/mol. The molecule has 1 saturated carbocycles. The lowest BCUT2D eigenvalue weighted by Crippen LogP contribution is -2.48. The van der Waals surface area contributed by atoms with Gasteiger partial charge in [0.2, 0.25) is 0 Å². The van der Waals surface area contributed by atoms with E-state index in [0.29, 0.717) is 22.7 Å². The number of anilines is 1. The molecule has 1 aromatic carbocycles. The van der Waals surface area contributed by atoms with Crippen LogP contribution in [0.5, 0.6) is 0 Å². The van der Waals surface area contributed by atoms with Crippen LogP contribution in [0.4, 0.5) is 5.69 Å². The summed E-state index contributed by atoms with van der Waals surface area (Å²) in [7, 11) is 0. The SMILES string of the molecule is N#Cc1cc(Cl)ccc1N1CCOC2CCCC21. The van der Waals surface area contributed by atoms with Crippen LogP contribution in [0.15, 0.2) is 18.2 Å². The molecule has 1 heterocycles. The molecule has 2 fully saturated rings. The Bertz CT molecular complexity index is 497. The van der Waals surface area contributed by atoms with Crippen LogP contribution in [-0.2, 0) is 4.74 Å². The molecule has 2 unspecified atom stereocenters. The van der Waals surface area contributed by atoms with Crippen LogP contribution < -0.4 is 4.90 Å². The monoisotopic (exact) mass is 262 g/mol. The highest BCUT2D eigenvalue weighted by atomic mass is 35.5. The van der Waals surface area contributed by atoms with Crippen LogP contribution in [0.3, 0.4) is 0 Å². The maximum absolute atomic E-state index is 9.25. The van der Waals surface area contributed by atoms with E-state index >= 15 is 0 Å². The van der Waals surface area contributed by atoms with Crippen LogP contribution in [-0.4, -0.2) is 25.3 Å². The predicted octanol–water partition coefficient (Wildman–Crippen LogP) is 2.97. The number of benzene rings is 1. The zero-order valence-electron chi connectivity index (χ0n) is 10.1. The minimum atomic E-state index is 0.334. The van der Waals surface area contributed by atoms with Gasteiger partial charge < -0.3 is 9.64 Å². The number of ether oxygens (including phenoxy) is 1. The molecule has 1 aliphatic carbocycles. The van der Waals surface area contributed by atoms with Gasteiger partial charge in [-0.2, -0.15) is 5.26 Å². The van der Waals surface area contributed by atoms with E-state index in [0.717, 1.165) is 31.7 Å². The Morgan fingerprint density at radius 3 is 3.11 bits per heavy atom. The molecule has 3 nitrogen and oxygen atoms in total. The van der Waals surface area contributed by atoms with Crippen LogP contribution in [0, 0.1) is 11.3 Å². The highest BCUT2D eigenvalue weighted by Gasteiger charge is 2.36. The molecule has 0 spiro atoms. The van der Waals surface area contributed by atoms with Crippen molar-refractivity contribution in [1.29, 1.82) is 5.26 Å². The van der Waals surface area contributed by atoms with Crippen molar-refractivity contribution in [3.05, 3.63) is 28.8 Å². The third kappa shape index (κ3) is 1.96. The van der Waals surface area contributed by atoms with Crippen molar-refractivity contribution in [1.82, 2.24) is 0 Å². The normalized spacial score (nSPS) is 26.8. The van der Waals surface area contributed by atoms with Crippen LogP contribution in [0.25, 0.3) is 0 Å². The Morgan fingerprint density at radius 1 is 1.39 bits per heavy atom. The fourth-order valence-electron chi connectivity index (χ4n) is 3.07. The van der Waals surface area contributed by atoms with Gasteiger partial charge in [-0.1, -0.05) is 11.6 Å². The molecule has 2 atom stereocenters. The lowest BCUT2D eigenvalue weighted by Gasteiger charge is -2.39. The van der Waals surface area contributed by atoms with E-state index in [2.05, 4.69) is 11.0 Å². The second-order valence-corrected chi connectivity index (χ2v) is 5.31. The van der Waals surface area contributed by atoms with E-state index in [4.69, 9.17) is 16.3 Å². The molecule has 4 heteroatoms. The minimum absolute atomic E-state index is 0.334. The van der Waals surface area contributed by atoms with Gasteiger partial charge in [0.05, 0.1) is 30.0 Å². The zero-order chi connectivity index (χ0) is 12.5. The van der Waals surface area contributed by atoms with E-state index in [1.807, 2.05) is 12.1 Å². The fourth-order valence-corrected chi connectivity index (χ4v) is 3.25. The average molecular weight is 263 g/mol. The topological polar surface area (TPSA) is 36.3 Å². The van der Waals surface area contributed by atoms with Gasteiger partial charge in [-0.15, -0.1) is 0 Å². The number of rotatable bonds is 1. The van der Waals surface area contributed by atoms with Gasteiger partial charge in [0.1, 0.15) is 6.07 Å². The quantitative estimate of drug-likeness (QED) is 0.781. The maximum atomic E-state index is 9.25. The standard InChI is InChI=1S/C14H15ClN2O/c15-11-4-5-12(10(8-11)9-16)17-6-7-18-14-3-1-2-13(14)17/h4-5,8,13-14H,1-3,6-7H2. The molecule has 1 aliphatic heterocycles. The van der Waals surface area contributed by atoms with Crippen LogP contribution >= 0.6 is 11.6 Å². The Hall–Kier alpha value is -1.24. The van der Waals surface area contributed by atoms with Crippen molar-refractivity contribution in [2.24, 2.45) is 0 Å². The Morgan fingerprint density at radius 2 is 2.28 bits per heavy atom. The van der Waals surface area contributed by atoms with Gasteiger partial charge in [-0.25, -0.2) is 0 Å². The molecule has 1 aromatic rings. The van der Waals surface area contributed by atoms with E-state index < -0.39 is 0 Å². The molecule has 0 aromatic heterocycles. The summed E-state index contributed by atoms with van der Waals surface area (Å²) in [5.74, 6) is 0. The Labute approximate surface area is 112 Å². The summed E-state index contributed by atoms with van der Waals surface area (Å²) in [5.41, 5.74) is 1.66. The summed E-state index contributed by atoms with van der Waals surface area (Å²) >= 11 is 5.95. The number of hydrogen-bond donors (Lipinski definition) is 0. The molecule has 0 bridgehead atoms. The van der Waals surface area contributed by atoms with Gasteiger partial charge in [0.25, 0.3) is 0 Å². The number of hydrogen-bond acceptors (Lipinski definition) is 3. The smallest absolute Gasteiger partial charge is 0.101 e. The minimum Gasteiger partial charge on any atom is -0.374 e. The number of morpholine rings is 1. The van der Waals surface area contributed by atoms with Gasteiger partial charge in [-0.05, 0) is 37.5 Å². The van der Waals surface area contributed by atoms with Gasteiger partial charge >= 0.3 is 0 Å². The summed E-state index contributed by atoms with van der Waals surface area (Å²) < 4.78 is 5.80. The van der Waals surface area contributed by atoms with Gasteiger partial charge in [-0.3, -0.25) is 0 Å². The van der Waals surface area contributed by atoms with Crippen LogP contribution in [0.2, 0.25) is 5.02 Å². The van der Waals surface area contributed by atoms with E-state index in [1.165, 1.54) is 6.42 Å². The highest BCUT2D eigenvalue weighted by molar-refractivity contribution is 6.30. The first kappa shape index (κ1) is 11.8. The van der Waals surface area contributed by atoms with Gasteiger partial charge in [0, 0.05) is 11.6 Å². The molecule has 3 rings (SSSR count). The van der Waals surface area contributed by atoms with E-state index in [9.17, 15) is 5.26 Å². The van der Waals surface area contributed by atoms with E-state index in [1.54, 1.807) is 6.07 Å². The van der Waals surface area contributed by atoms with Crippen LogP contribution in [0.1, 0.15) is 24.8 Å². The molecular formula is C14H15ClN2O. The number of nitrogens with zero attached hydrogens (tertiary/aromatic N) is 2. The van der Waals surface area contributed by atoms with Crippen molar-refractivity contribution in [3.63, 3.8) is 0 Å². The van der Waals surface area contributed by atoms with Crippen molar-refractivity contribution in [2.75, 3.05) is 18.1 Å². The number of halogens is 1. The summed E-state index contributed by atoms with van der Waals surface area (Å²) in [5, 5.41) is 9.86. The first-order valence-electron chi connectivity index (χ1n) is 6.37. The molecule has 0 amide bonds. The molecule has 18 heavy (non-hydrogen) atoms. The summed E-state index contributed by atoms with van der Waals surface area (Å²) in [6.07, 6.45) is 3.83. The molecular weight excluding hydrogens is 248 g/mol. The Balaban J connectivity index is 1.96. The second-order valence-electron chi connectivity index (χ2n) is 4.87. The molecule has 94 valence electrons. The second kappa shape index (κ2) is 4.79. The highest BCUT2D eigenvalue weighted by Crippen LogP contribution is 2.35. The van der Waals surface area contributed by atoms with E-state index in [-0.39, 0.29) is 0 Å². The maximum Gasteiger partial charge on any atom is 0.101 e. The third-order valence-corrected chi connectivity index (χ3v) is 4.11. The Kier molecular flexibility index (Phi) is 3.15. The molecule has 1 saturated heterocycles. The van der Waals surface area contributed by atoms with Crippen molar-refractivity contribution < 1.29 is 4.74 Å². The van der Waals surface area contributed by atoms with Crippen molar-refractivity contribution in [3.8, 4) is 6.07 Å². The summed E-state index contributed by atoms with van der Waals surface area (Å²) in [6, 6.07) is 8.23. The summed E-state index contributed by atoms with van der Waals surface area (Å²) in [6.45, 7) is 1.60. The first-order chi connectivity index (χ1) is 8.79. The molecule has 2 aliphatic rings. The van der Waals surface area contributed by atoms with Gasteiger partial charge in [0.15, 0.2) is 0 Å². The zero-order valence-corrected chi connectivity index (χ0v) is 10.9. The summed E-state index contributed by atoms with van der Waals surface area (Å²) in [4.78, 5) is 2.33. The number of nitriles is 1. The molecule has 0 N–H and O–H groups in total.